The average molecular weight is 487 g/mol. The molecule has 0 spiro atoms. The number of amides is 1. The van der Waals surface area contributed by atoms with Crippen molar-refractivity contribution in [3.05, 3.63) is 95.4 Å². The second-order valence-electron chi connectivity index (χ2n) is 8.69. The minimum Gasteiger partial charge on any atom is -0.444 e. The molecule has 0 unspecified atom stereocenters. The molecule has 0 aliphatic heterocycles. The third-order valence-electron chi connectivity index (χ3n) is 6.36. The maximum absolute atomic E-state index is 13.8. The van der Waals surface area contributed by atoms with Crippen LogP contribution in [0.5, 0.6) is 0 Å². The Morgan fingerprint density at radius 2 is 1.66 bits per heavy atom. The molecule has 3 aromatic carbocycles. The second kappa shape index (κ2) is 9.43. The van der Waals surface area contributed by atoms with Gasteiger partial charge in [-0.3, -0.25) is 5.32 Å². The molecule has 176 valence electrons. The van der Waals surface area contributed by atoms with Gasteiger partial charge >= 0.3 is 6.09 Å². The first kappa shape index (κ1) is 22.9. The number of halogens is 1. The molecule has 5 nitrogen and oxygen atoms in total. The summed E-state index contributed by atoms with van der Waals surface area (Å²) in [5.41, 5.74) is 5.40. The molecule has 0 atom stereocenters. The molecule has 0 saturated heterocycles. The molecule has 35 heavy (non-hydrogen) atoms. The van der Waals surface area contributed by atoms with E-state index < -0.39 is 11.9 Å². The molecular formula is C28H23FN2O3S. The fraction of sp³-hybridized carbons (Fsp3) is 0.179. The van der Waals surface area contributed by atoms with Crippen molar-refractivity contribution in [3.63, 3.8) is 0 Å². The Balaban J connectivity index is 1.29. The highest BCUT2D eigenvalue weighted by molar-refractivity contribution is 7.10. The van der Waals surface area contributed by atoms with E-state index >= 15 is 0 Å². The SMILES string of the molecule is Cc1nsc(-c2ccc(-c3ccc(C4(C=O)CC4)cc3)cc2)c1NC(=O)OCc1ccccc1F. The number of ether oxygens (including phenoxy) is 1. The summed E-state index contributed by atoms with van der Waals surface area (Å²) in [5, 5.41) is 2.76. The number of nitrogens with one attached hydrogen (secondary N) is 1. The van der Waals surface area contributed by atoms with Crippen LogP contribution >= 0.6 is 11.5 Å². The van der Waals surface area contributed by atoms with Crippen molar-refractivity contribution in [1.29, 1.82) is 0 Å². The largest absolute Gasteiger partial charge is 0.444 e. The monoisotopic (exact) mass is 486 g/mol. The topological polar surface area (TPSA) is 68.3 Å². The lowest BCUT2D eigenvalue weighted by Gasteiger charge is -2.10. The van der Waals surface area contributed by atoms with E-state index in [1.165, 1.54) is 17.6 Å². The van der Waals surface area contributed by atoms with E-state index in [9.17, 15) is 14.0 Å². The van der Waals surface area contributed by atoms with Gasteiger partial charge in [-0.05, 0) is 59.6 Å². The smallest absolute Gasteiger partial charge is 0.412 e. The first-order valence-corrected chi connectivity index (χ1v) is 12.1. The van der Waals surface area contributed by atoms with Crippen molar-refractivity contribution in [2.24, 2.45) is 0 Å². The van der Waals surface area contributed by atoms with Crippen LogP contribution in [0.25, 0.3) is 21.6 Å². The number of aryl methyl sites for hydroxylation is 1. The van der Waals surface area contributed by atoms with Crippen LogP contribution in [0.3, 0.4) is 0 Å². The quantitative estimate of drug-likeness (QED) is 0.288. The Morgan fingerprint density at radius 3 is 2.29 bits per heavy atom. The molecule has 1 fully saturated rings. The number of carbonyl (C=O) groups excluding carboxylic acids is 2. The van der Waals surface area contributed by atoms with Gasteiger partial charge in [-0.2, -0.15) is 4.37 Å². The summed E-state index contributed by atoms with van der Waals surface area (Å²) < 4.78 is 23.4. The Labute approximate surface area is 206 Å². The zero-order valence-electron chi connectivity index (χ0n) is 19.1. The van der Waals surface area contributed by atoms with Crippen LogP contribution in [0.1, 0.15) is 29.7 Å². The van der Waals surface area contributed by atoms with Gasteiger partial charge in [0.2, 0.25) is 0 Å². The summed E-state index contributed by atoms with van der Waals surface area (Å²) >= 11 is 1.29. The van der Waals surface area contributed by atoms with E-state index in [-0.39, 0.29) is 12.0 Å². The second-order valence-corrected chi connectivity index (χ2v) is 9.47. The van der Waals surface area contributed by atoms with Gasteiger partial charge < -0.3 is 9.53 Å². The zero-order valence-corrected chi connectivity index (χ0v) is 19.9. The average Bonchev–Trinajstić information content (AvgIpc) is 3.62. The molecule has 1 aromatic heterocycles. The van der Waals surface area contributed by atoms with E-state index in [4.69, 9.17) is 4.74 Å². The third-order valence-corrected chi connectivity index (χ3v) is 7.35. The Morgan fingerprint density at radius 1 is 1.03 bits per heavy atom. The highest BCUT2D eigenvalue weighted by atomic mass is 32.1. The molecule has 1 saturated carbocycles. The van der Waals surface area contributed by atoms with Gasteiger partial charge in [0.15, 0.2) is 0 Å². The number of hydrogen-bond donors (Lipinski definition) is 1. The molecule has 1 aliphatic carbocycles. The fourth-order valence-electron chi connectivity index (χ4n) is 4.03. The summed E-state index contributed by atoms with van der Waals surface area (Å²) in [5.74, 6) is -0.417. The van der Waals surface area contributed by atoms with E-state index in [2.05, 4.69) is 9.69 Å². The predicted octanol–water partition coefficient (Wildman–Crippen LogP) is 6.90. The summed E-state index contributed by atoms with van der Waals surface area (Å²) in [6, 6.07) is 22.4. The molecule has 0 bridgehead atoms. The van der Waals surface area contributed by atoms with Crippen molar-refractivity contribution in [2.45, 2.75) is 31.8 Å². The van der Waals surface area contributed by atoms with Crippen molar-refractivity contribution < 1.29 is 18.7 Å². The van der Waals surface area contributed by atoms with Crippen molar-refractivity contribution >= 4 is 29.6 Å². The van der Waals surface area contributed by atoms with E-state index in [0.29, 0.717) is 16.9 Å². The van der Waals surface area contributed by atoms with Gasteiger partial charge in [0.25, 0.3) is 0 Å². The number of aldehydes is 1. The van der Waals surface area contributed by atoms with Crippen LogP contribution in [-0.4, -0.2) is 16.8 Å². The van der Waals surface area contributed by atoms with Crippen molar-refractivity contribution in [1.82, 2.24) is 4.37 Å². The highest BCUT2D eigenvalue weighted by Crippen LogP contribution is 2.46. The van der Waals surface area contributed by atoms with Crippen LogP contribution < -0.4 is 5.32 Å². The van der Waals surface area contributed by atoms with Gasteiger partial charge in [0.05, 0.1) is 21.7 Å². The first-order chi connectivity index (χ1) is 17.0. The van der Waals surface area contributed by atoms with Crippen LogP contribution in [0.4, 0.5) is 14.9 Å². The summed E-state index contributed by atoms with van der Waals surface area (Å²) in [4.78, 5) is 24.6. The lowest BCUT2D eigenvalue weighted by atomic mass is 9.95. The van der Waals surface area contributed by atoms with Gasteiger partial charge in [-0.15, -0.1) is 0 Å². The van der Waals surface area contributed by atoms with Gasteiger partial charge in [0.1, 0.15) is 18.7 Å². The molecule has 1 aliphatic rings. The van der Waals surface area contributed by atoms with Crippen molar-refractivity contribution in [3.8, 4) is 21.6 Å². The minimum atomic E-state index is -0.668. The van der Waals surface area contributed by atoms with Crippen LogP contribution in [-0.2, 0) is 21.6 Å². The molecule has 7 heteroatoms. The molecule has 1 N–H and O–H groups in total. The van der Waals surface area contributed by atoms with E-state index in [1.54, 1.807) is 18.2 Å². The predicted molar refractivity (Wildman–Crippen MR) is 135 cm³/mol. The maximum Gasteiger partial charge on any atom is 0.412 e. The Bertz CT molecular complexity index is 1380. The molecule has 0 radical (unpaired) electrons. The minimum absolute atomic E-state index is 0.161. The lowest BCUT2D eigenvalue weighted by molar-refractivity contribution is -0.109. The number of benzene rings is 3. The first-order valence-electron chi connectivity index (χ1n) is 11.3. The number of hydrogen-bond acceptors (Lipinski definition) is 5. The number of aromatic nitrogens is 1. The number of anilines is 1. The van der Waals surface area contributed by atoms with Gasteiger partial charge in [-0.25, -0.2) is 9.18 Å². The number of carbonyl (C=O) groups is 2. The molecule has 1 heterocycles. The fourth-order valence-corrected chi connectivity index (χ4v) is 4.88. The van der Waals surface area contributed by atoms with Crippen LogP contribution in [0.15, 0.2) is 72.8 Å². The molecule has 5 rings (SSSR count). The van der Waals surface area contributed by atoms with Crippen molar-refractivity contribution in [2.75, 3.05) is 5.32 Å². The summed E-state index contributed by atoms with van der Waals surface area (Å²) in [6.07, 6.45) is 2.24. The van der Waals surface area contributed by atoms with Crippen LogP contribution in [0.2, 0.25) is 0 Å². The molecule has 1 amide bonds. The third kappa shape index (κ3) is 4.72. The van der Waals surface area contributed by atoms with E-state index in [1.807, 2.05) is 55.5 Å². The van der Waals surface area contributed by atoms with E-state index in [0.717, 1.165) is 46.3 Å². The lowest BCUT2D eigenvalue weighted by Crippen LogP contribution is -2.14. The molecule has 4 aromatic rings. The zero-order chi connectivity index (χ0) is 24.4. The number of nitrogens with zero attached hydrogens (tertiary/aromatic N) is 1. The molecular weight excluding hydrogens is 463 g/mol. The highest BCUT2D eigenvalue weighted by Gasteiger charge is 2.44. The number of rotatable bonds is 7. The Hall–Kier alpha value is -3.84. The standard InChI is InChI=1S/C28H23FN2O3S/c1-18-25(30-27(33)34-16-22-4-2-3-5-24(22)29)26(35-31-18)21-8-6-19(7-9-21)20-10-12-23(13-11-20)28(17-32)14-15-28/h2-13,17H,14-16H2,1H3,(H,30,33). The van der Waals surface area contributed by atoms with Gasteiger partial charge in [-0.1, -0.05) is 66.7 Å². The Kier molecular flexibility index (Phi) is 6.17. The summed E-state index contributed by atoms with van der Waals surface area (Å²) in [6.45, 7) is 1.65. The van der Waals surface area contributed by atoms with Gasteiger partial charge in [0, 0.05) is 5.56 Å². The normalized spacial score (nSPS) is 13.8. The summed E-state index contributed by atoms with van der Waals surface area (Å²) in [7, 11) is 0. The van der Waals surface area contributed by atoms with Crippen LogP contribution in [0, 0.1) is 12.7 Å². The maximum atomic E-state index is 13.8.